The molecule has 0 radical (unpaired) electrons. The second-order valence-electron chi connectivity index (χ2n) is 8.54. The minimum absolute atomic E-state index is 0.163. The SMILES string of the molecule is CCC(C(=O)OC)N1C(=O)c2cc(-c3ccc(NC(=O)c4ccc(C)cc4)cc3)ccc2C1C. The predicted octanol–water partition coefficient (Wildman–Crippen LogP) is 5.38. The Morgan fingerprint density at radius 1 is 1.00 bits per heavy atom. The Bertz CT molecular complexity index is 1230. The van der Waals surface area contributed by atoms with E-state index in [-0.39, 0.29) is 17.9 Å². The maximum absolute atomic E-state index is 13.2. The van der Waals surface area contributed by atoms with Crippen LogP contribution in [0.25, 0.3) is 11.1 Å². The summed E-state index contributed by atoms with van der Waals surface area (Å²) in [7, 11) is 1.34. The molecule has 34 heavy (non-hydrogen) atoms. The van der Waals surface area contributed by atoms with Crippen LogP contribution in [0.1, 0.15) is 58.2 Å². The number of nitrogens with one attached hydrogen (secondary N) is 1. The van der Waals surface area contributed by atoms with Gasteiger partial charge in [-0.15, -0.1) is 0 Å². The number of carbonyl (C=O) groups is 3. The number of amides is 2. The number of benzene rings is 3. The molecule has 0 bridgehead atoms. The maximum Gasteiger partial charge on any atom is 0.328 e. The molecule has 0 fully saturated rings. The van der Waals surface area contributed by atoms with Gasteiger partial charge in [-0.1, -0.05) is 48.9 Å². The first kappa shape index (κ1) is 23.2. The average molecular weight is 457 g/mol. The molecule has 0 aliphatic carbocycles. The number of methoxy groups -OCH3 is 1. The van der Waals surface area contributed by atoms with Gasteiger partial charge in [-0.2, -0.15) is 0 Å². The highest BCUT2D eigenvalue weighted by molar-refractivity contribution is 6.04. The van der Waals surface area contributed by atoms with Gasteiger partial charge in [0.1, 0.15) is 6.04 Å². The number of nitrogens with zero attached hydrogens (tertiary/aromatic N) is 1. The number of carbonyl (C=O) groups excluding carboxylic acids is 3. The van der Waals surface area contributed by atoms with Gasteiger partial charge in [0.05, 0.1) is 13.2 Å². The number of esters is 1. The molecular formula is C28H28N2O4. The van der Waals surface area contributed by atoms with Crippen LogP contribution in [0, 0.1) is 6.92 Å². The molecule has 1 aliphatic heterocycles. The molecule has 174 valence electrons. The van der Waals surface area contributed by atoms with Crippen LogP contribution >= 0.6 is 0 Å². The second-order valence-corrected chi connectivity index (χ2v) is 8.54. The third-order valence-electron chi connectivity index (χ3n) is 6.37. The topological polar surface area (TPSA) is 75.7 Å². The fourth-order valence-corrected chi connectivity index (χ4v) is 4.43. The van der Waals surface area contributed by atoms with E-state index in [1.54, 1.807) is 17.0 Å². The number of fused-ring (bicyclic) bond motifs is 1. The number of ether oxygens (including phenoxy) is 1. The lowest BCUT2D eigenvalue weighted by Gasteiger charge is -2.29. The summed E-state index contributed by atoms with van der Waals surface area (Å²) in [5, 5.41) is 2.91. The van der Waals surface area contributed by atoms with Gasteiger partial charge < -0.3 is 15.0 Å². The van der Waals surface area contributed by atoms with E-state index in [1.807, 2.05) is 75.4 Å². The van der Waals surface area contributed by atoms with Crippen LogP contribution < -0.4 is 5.32 Å². The van der Waals surface area contributed by atoms with Gasteiger partial charge in [0.2, 0.25) is 0 Å². The van der Waals surface area contributed by atoms with Crippen molar-refractivity contribution in [2.45, 2.75) is 39.3 Å². The Hall–Kier alpha value is -3.93. The quantitative estimate of drug-likeness (QED) is 0.505. The molecule has 6 nitrogen and oxygen atoms in total. The van der Waals surface area contributed by atoms with Crippen molar-refractivity contribution in [3.05, 3.63) is 89.0 Å². The number of anilines is 1. The summed E-state index contributed by atoms with van der Waals surface area (Å²) in [6.45, 7) is 5.78. The normalized spacial score (nSPS) is 15.6. The maximum atomic E-state index is 13.2. The first-order valence-electron chi connectivity index (χ1n) is 11.4. The molecule has 2 amide bonds. The van der Waals surface area contributed by atoms with E-state index >= 15 is 0 Å². The molecule has 1 N–H and O–H groups in total. The first-order chi connectivity index (χ1) is 16.3. The van der Waals surface area contributed by atoms with Crippen molar-refractivity contribution < 1.29 is 19.1 Å². The molecule has 3 aromatic carbocycles. The van der Waals surface area contributed by atoms with Crippen molar-refractivity contribution >= 4 is 23.5 Å². The molecule has 3 aromatic rings. The van der Waals surface area contributed by atoms with Crippen molar-refractivity contribution in [2.75, 3.05) is 12.4 Å². The monoisotopic (exact) mass is 456 g/mol. The van der Waals surface area contributed by atoms with Crippen LogP contribution in [-0.4, -0.2) is 35.8 Å². The second kappa shape index (κ2) is 9.51. The van der Waals surface area contributed by atoms with Gasteiger partial charge >= 0.3 is 5.97 Å². The molecule has 2 atom stereocenters. The smallest absolute Gasteiger partial charge is 0.328 e. The number of rotatable bonds is 6. The minimum Gasteiger partial charge on any atom is -0.467 e. The van der Waals surface area contributed by atoms with Crippen LogP contribution in [0.2, 0.25) is 0 Å². The van der Waals surface area contributed by atoms with E-state index in [1.165, 1.54) is 7.11 Å². The molecule has 1 heterocycles. The van der Waals surface area contributed by atoms with E-state index in [9.17, 15) is 14.4 Å². The molecule has 4 rings (SSSR count). The zero-order chi connectivity index (χ0) is 24.4. The summed E-state index contributed by atoms with van der Waals surface area (Å²) in [6.07, 6.45) is 0.485. The Morgan fingerprint density at radius 2 is 1.65 bits per heavy atom. The van der Waals surface area contributed by atoms with Crippen molar-refractivity contribution in [2.24, 2.45) is 0 Å². The zero-order valence-electron chi connectivity index (χ0n) is 19.8. The van der Waals surface area contributed by atoms with E-state index in [4.69, 9.17) is 4.74 Å². The van der Waals surface area contributed by atoms with E-state index < -0.39 is 12.0 Å². The summed E-state index contributed by atoms with van der Waals surface area (Å²) in [4.78, 5) is 39.5. The molecule has 1 aliphatic rings. The largest absolute Gasteiger partial charge is 0.467 e. The van der Waals surface area contributed by atoms with Crippen LogP contribution in [0.4, 0.5) is 5.69 Å². The third-order valence-corrected chi connectivity index (χ3v) is 6.37. The molecule has 2 unspecified atom stereocenters. The van der Waals surface area contributed by atoms with Crippen LogP contribution in [0.5, 0.6) is 0 Å². The van der Waals surface area contributed by atoms with Gasteiger partial charge in [-0.05, 0) is 67.3 Å². The average Bonchev–Trinajstić information content (AvgIpc) is 3.10. The van der Waals surface area contributed by atoms with Crippen molar-refractivity contribution in [1.29, 1.82) is 0 Å². The fourth-order valence-electron chi connectivity index (χ4n) is 4.43. The Balaban J connectivity index is 1.54. The third kappa shape index (κ3) is 4.31. The van der Waals surface area contributed by atoms with Gasteiger partial charge in [0.15, 0.2) is 0 Å². The van der Waals surface area contributed by atoms with Crippen LogP contribution in [-0.2, 0) is 9.53 Å². The van der Waals surface area contributed by atoms with E-state index in [0.29, 0.717) is 23.2 Å². The van der Waals surface area contributed by atoms with Gasteiger partial charge in [0.25, 0.3) is 11.8 Å². The zero-order valence-corrected chi connectivity index (χ0v) is 19.8. The summed E-state index contributed by atoms with van der Waals surface area (Å²) in [5.74, 6) is -0.733. The number of hydrogen-bond acceptors (Lipinski definition) is 4. The highest BCUT2D eigenvalue weighted by Gasteiger charge is 2.41. The van der Waals surface area contributed by atoms with Gasteiger partial charge in [-0.25, -0.2) is 4.79 Å². The summed E-state index contributed by atoms with van der Waals surface area (Å²) >= 11 is 0. The van der Waals surface area contributed by atoms with Crippen molar-refractivity contribution in [3.63, 3.8) is 0 Å². The van der Waals surface area contributed by atoms with Gasteiger partial charge in [0, 0.05) is 16.8 Å². The van der Waals surface area contributed by atoms with Crippen molar-refractivity contribution in [1.82, 2.24) is 4.90 Å². The number of hydrogen-bond donors (Lipinski definition) is 1. The van der Waals surface area contributed by atoms with Crippen LogP contribution in [0.3, 0.4) is 0 Å². The molecule has 0 spiro atoms. The molecule has 0 saturated carbocycles. The molecule has 0 saturated heterocycles. The highest BCUT2D eigenvalue weighted by Crippen LogP contribution is 2.38. The van der Waals surface area contributed by atoms with Crippen molar-refractivity contribution in [3.8, 4) is 11.1 Å². The lowest BCUT2D eigenvalue weighted by atomic mass is 9.98. The summed E-state index contributed by atoms with van der Waals surface area (Å²) < 4.78 is 4.91. The van der Waals surface area contributed by atoms with E-state index in [0.717, 1.165) is 22.3 Å². The lowest BCUT2D eigenvalue weighted by Crippen LogP contribution is -2.43. The minimum atomic E-state index is -0.611. The lowest BCUT2D eigenvalue weighted by molar-refractivity contribution is -0.146. The summed E-state index contributed by atoms with van der Waals surface area (Å²) in [6, 6.07) is 19.9. The molecular weight excluding hydrogens is 428 g/mol. The predicted molar refractivity (Wildman–Crippen MR) is 132 cm³/mol. The molecule has 0 aromatic heterocycles. The Labute approximate surface area is 199 Å². The Kier molecular flexibility index (Phi) is 6.50. The number of aryl methyl sites for hydroxylation is 1. The van der Waals surface area contributed by atoms with Crippen LogP contribution in [0.15, 0.2) is 66.7 Å². The van der Waals surface area contributed by atoms with Gasteiger partial charge in [-0.3, -0.25) is 9.59 Å². The first-order valence-corrected chi connectivity index (χ1v) is 11.4. The fraction of sp³-hybridized carbons (Fsp3) is 0.250. The molecule has 6 heteroatoms. The van der Waals surface area contributed by atoms with E-state index in [2.05, 4.69) is 5.32 Å². The highest BCUT2D eigenvalue weighted by atomic mass is 16.5. The standard InChI is InChI=1S/C28H28N2O4/c1-5-25(28(33)34-4)30-18(3)23-15-12-21(16-24(23)27(30)32)19-10-13-22(14-11-19)29-26(31)20-8-6-17(2)7-9-20/h6-16,18,25H,5H2,1-4H3,(H,29,31). The Morgan fingerprint density at radius 3 is 2.26 bits per heavy atom. The summed E-state index contributed by atoms with van der Waals surface area (Å²) in [5.41, 5.74) is 5.71.